The Morgan fingerprint density at radius 1 is 0.818 bits per heavy atom. The molecule has 0 saturated carbocycles. The summed E-state index contributed by atoms with van der Waals surface area (Å²) in [4.78, 5) is 44.4. The molecule has 0 aromatic carbocycles. The number of likely N-dealkylation sites (N-methyl/N-ethyl adjacent to an activating group) is 1. The van der Waals surface area contributed by atoms with Crippen molar-refractivity contribution in [1.82, 2.24) is 10.3 Å². The maximum atomic E-state index is 12.8. The van der Waals surface area contributed by atoms with E-state index in [-0.39, 0.29) is 5.82 Å². The molecule has 0 fully saturated rings. The number of pyridine rings is 1. The van der Waals surface area contributed by atoms with Gasteiger partial charge in [-0.2, -0.15) is 4.90 Å². The van der Waals surface area contributed by atoms with Gasteiger partial charge in [0.15, 0.2) is 5.82 Å². The molecule has 33 heavy (non-hydrogen) atoms. The Bertz CT molecular complexity index is 809. The molecule has 1 N–H and O–H groups in total. The van der Waals surface area contributed by atoms with Crippen molar-refractivity contribution in [2.24, 2.45) is 0 Å². The zero-order valence-corrected chi connectivity index (χ0v) is 21.4. The van der Waals surface area contributed by atoms with E-state index in [1.54, 1.807) is 86.4 Å². The Kier molecular flexibility index (Phi) is 9.09. The fourth-order valence-corrected chi connectivity index (χ4v) is 2.38. The zero-order valence-electron chi connectivity index (χ0n) is 21.4. The van der Waals surface area contributed by atoms with Crippen molar-refractivity contribution < 1.29 is 28.6 Å². The average Bonchev–Trinajstić information content (AvgIpc) is 2.57. The van der Waals surface area contributed by atoms with Crippen LogP contribution in [0.15, 0.2) is 18.2 Å². The maximum absolute atomic E-state index is 12.8. The fraction of sp³-hybridized carbons (Fsp3) is 0.652. The number of nitrogens with zero attached hydrogens (tertiary/aromatic N) is 3. The van der Waals surface area contributed by atoms with Crippen molar-refractivity contribution in [2.45, 2.75) is 79.1 Å². The summed E-state index contributed by atoms with van der Waals surface area (Å²) in [6, 6.07) is 4.90. The molecule has 10 nitrogen and oxygen atoms in total. The van der Waals surface area contributed by atoms with Crippen molar-refractivity contribution >= 4 is 29.9 Å². The van der Waals surface area contributed by atoms with Crippen LogP contribution >= 0.6 is 0 Å². The first-order chi connectivity index (χ1) is 14.9. The van der Waals surface area contributed by atoms with E-state index in [0.717, 1.165) is 4.90 Å². The van der Waals surface area contributed by atoms with Gasteiger partial charge in [0.05, 0.1) is 0 Å². The Morgan fingerprint density at radius 2 is 1.27 bits per heavy atom. The van der Waals surface area contributed by atoms with Gasteiger partial charge in [-0.15, -0.1) is 0 Å². The number of rotatable bonds is 5. The highest BCUT2D eigenvalue weighted by Crippen LogP contribution is 2.22. The lowest BCUT2D eigenvalue weighted by atomic mass is 10.2. The lowest BCUT2D eigenvalue weighted by Gasteiger charge is -2.28. The number of ether oxygens (including phenoxy) is 3. The van der Waals surface area contributed by atoms with E-state index in [1.807, 2.05) is 0 Å². The number of aromatic nitrogens is 1. The van der Waals surface area contributed by atoms with Gasteiger partial charge in [0.2, 0.25) is 0 Å². The standard InChI is InChI=1S/C23H38N4O6/c1-21(2,3)31-18(28)24-14-15-26(10)16-12-11-13-17(25-16)27(19(29)32-22(4,5)6)20(30)33-23(7,8)9/h11-13H,14-15H2,1-10H3,(H,24,28). The van der Waals surface area contributed by atoms with Gasteiger partial charge in [-0.05, 0) is 74.4 Å². The molecule has 0 aliphatic rings. The van der Waals surface area contributed by atoms with Gasteiger partial charge in [0, 0.05) is 20.1 Å². The van der Waals surface area contributed by atoms with E-state index in [1.165, 1.54) is 6.07 Å². The smallest absolute Gasteiger partial charge is 0.425 e. The first kappa shape index (κ1) is 28.0. The molecule has 1 rings (SSSR count). The average molecular weight is 467 g/mol. The second-order valence-corrected chi connectivity index (χ2v) is 10.5. The molecular formula is C23H38N4O6. The van der Waals surface area contributed by atoms with Crippen LogP contribution in [0, 0.1) is 0 Å². The van der Waals surface area contributed by atoms with E-state index in [2.05, 4.69) is 10.3 Å². The van der Waals surface area contributed by atoms with Gasteiger partial charge < -0.3 is 24.4 Å². The van der Waals surface area contributed by atoms with E-state index in [4.69, 9.17) is 14.2 Å². The minimum absolute atomic E-state index is 0.0583. The van der Waals surface area contributed by atoms with Crippen LogP contribution in [0.2, 0.25) is 0 Å². The monoisotopic (exact) mass is 466 g/mol. The van der Waals surface area contributed by atoms with Gasteiger partial charge in [-0.25, -0.2) is 19.4 Å². The van der Waals surface area contributed by atoms with Crippen LogP contribution < -0.4 is 15.1 Å². The molecule has 3 amide bonds. The predicted octanol–water partition coefficient (Wildman–Crippen LogP) is 4.72. The van der Waals surface area contributed by atoms with Crippen LogP contribution in [0.3, 0.4) is 0 Å². The van der Waals surface area contributed by atoms with Gasteiger partial charge in [-0.1, -0.05) is 6.07 Å². The first-order valence-corrected chi connectivity index (χ1v) is 10.8. The predicted molar refractivity (Wildman–Crippen MR) is 127 cm³/mol. The number of carbonyl (C=O) groups is 3. The van der Waals surface area contributed by atoms with E-state index < -0.39 is 35.1 Å². The molecular weight excluding hydrogens is 428 g/mol. The maximum Gasteiger partial charge on any atom is 0.425 e. The summed E-state index contributed by atoms with van der Waals surface area (Å²) >= 11 is 0. The van der Waals surface area contributed by atoms with Crippen molar-refractivity contribution in [3.8, 4) is 0 Å². The number of imide groups is 1. The van der Waals surface area contributed by atoms with Crippen LogP contribution in [-0.4, -0.2) is 60.2 Å². The van der Waals surface area contributed by atoms with Crippen LogP contribution in [0.1, 0.15) is 62.3 Å². The minimum atomic E-state index is -0.893. The number of carbonyl (C=O) groups excluding carboxylic acids is 3. The number of hydrogen-bond donors (Lipinski definition) is 1. The summed E-state index contributed by atoms with van der Waals surface area (Å²) in [5, 5.41) is 2.68. The van der Waals surface area contributed by atoms with E-state index >= 15 is 0 Å². The van der Waals surface area contributed by atoms with Crippen LogP contribution in [-0.2, 0) is 14.2 Å². The minimum Gasteiger partial charge on any atom is -0.444 e. The first-order valence-electron chi connectivity index (χ1n) is 10.8. The second kappa shape index (κ2) is 10.7. The third kappa shape index (κ3) is 10.9. The van der Waals surface area contributed by atoms with E-state index in [0.29, 0.717) is 18.9 Å². The van der Waals surface area contributed by atoms with Crippen molar-refractivity contribution in [2.75, 3.05) is 29.9 Å². The summed E-state index contributed by atoms with van der Waals surface area (Å²) in [5.74, 6) is 0.540. The molecule has 1 heterocycles. The molecule has 0 atom stereocenters. The molecule has 1 aromatic rings. The molecule has 0 radical (unpaired) electrons. The summed E-state index contributed by atoms with van der Waals surface area (Å²) in [6.45, 7) is 16.3. The number of nitrogens with one attached hydrogen (secondary N) is 1. The molecule has 0 saturated heterocycles. The van der Waals surface area contributed by atoms with Crippen LogP contribution in [0.5, 0.6) is 0 Å². The molecule has 0 aliphatic heterocycles. The Morgan fingerprint density at radius 3 is 1.73 bits per heavy atom. The van der Waals surface area contributed by atoms with Crippen LogP contribution in [0.25, 0.3) is 0 Å². The van der Waals surface area contributed by atoms with Gasteiger partial charge >= 0.3 is 18.3 Å². The van der Waals surface area contributed by atoms with Gasteiger partial charge in [-0.3, -0.25) is 0 Å². The molecule has 0 unspecified atom stereocenters. The highest BCUT2D eigenvalue weighted by atomic mass is 16.6. The molecule has 186 valence electrons. The Hall–Kier alpha value is -3.04. The third-order valence-electron chi connectivity index (χ3n) is 3.61. The van der Waals surface area contributed by atoms with Gasteiger partial charge in [0.25, 0.3) is 0 Å². The number of alkyl carbamates (subject to hydrolysis) is 1. The Balaban J connectivity index is 3.02. The zero-order chi connectivity index (χ0) is 25.6. The number of anilines is 2. The second-order valence-electron chi connectivity index (χ2n) is 10.5. The lowest BCUT2D eigenvalue weighted by Crippen LogP contribution is -2.44. The summed E-state index contributed by atoms with van der Waals surface area (Å²) in [5.41, 5.74) is -2.23. The molecule has 0 bridgehead atoms. The van der Waals surface area contributed by atoms with Crippen molar-refractivity contribution in [3.05, 3.63) is 18.2 Å². The van der Waals surface area contributed by atoms with E-state index in [9.17, 15) is 14.4 Å². The lowest BCUT2D eigenvalue weighted by molar-refractivity contribution is 0.0426. The number of amides is 3. The molecule has 0 aliphatic carbocycles. The fourth-order valence-electron chi connectivity index (χ4n) is 2.38. The van der Waals surface area contributed by atoms with Gasteiger partial charge in [0.1, 0.15) is 22.6 Å². The molecule has 1 aromatic heterocycles. The SMILES string of the molecule is CN(CCNC(=O)OC(C)(C)C)c1cccc(N(C(=O)OC(C)(C)C)C(=O)OC(C)(C)C)n1. The highest BCUT2D eigenvalue weighted by molar-refractivity contribution is 6.08. The molecule has 10 heteroatoms. The Labute approximate surface area is 196 Å². The number of hydrogen-bond acceptors (Lipinski definition) is 8. The summed E-state index contributed by atoms with van der Waals surface area (Å²) in [6.07, 6.45) is -2.30. The summed E-state index contributed by atoms with van der Waals surface area (Å²) < 4.78 is 16.0. The normalized spacial score (nSPS) is 11.9. The highest BCUT2D eigenvalue weighted by Gasteiger charge is 2.33. The largest absolute Gasteiger partial charge is 0.444 e. The van der Waals surface area contributed by atoms with Crippen molar-refractivity contribution in [3.63, 3.8) is 0 Å². The topological polar surface area (TPSA) is 110 Å². The molecule has 0 spiro atoms. The summed E-state index contributed by atoms with van der Waals surface area (Å²) in [7, 11) is 1.77. The quantitative estimate of drug-likeness (QED) is 0.621. The van der Waals surface area contributed by atoms with Crippen LogP contribution in [0.4, 0.5) is 26.0 Å². The third-order valence-corrected chi connectivity index (χ3v) is 3.61. The van der Waals surface area contributed by atoms with Crippen molar-refractivity contribution in [1.29, 1.82) is 0 Å².